The molecular weight excluding hydrogens is 214 g/mol. The maximum Gasteiger partial charge on any atom is 0.396 e. The number of hydrogen-bond acceptors (Lipinski definition) is 4. The van der Waals surface area contributed by atoms with E-state index in [9.17, 15) is 9.59 Å². The molecule has 0 spiro atoms. The average Bonchev–Trinajstić information content (AvgIpc) is 2.74. The first-order valence-electron chi connectivity index (χ1n) is 5.05. The number of nitrogens with one attached hydrogen (secondary N) is 1. The quantitative estimate of drug-likeness (QED) is 0.580. The lowest BCUT2D eigenvalue weighted by molar-refractivity contribution is -0.152. The standard InChI is InChI=1S/C10H17NO3S/c1-14-9(13)8(12)11-7-10(15-2)5-3-4-6-10/h3-7H2,1-2H3,(H,11,12). The molecule has 0 bridgehead atoms. The highest BCUT2D eigenvalue weighted by Crippen LogP contribution is 2.39. The molecule has 1 rings (SSSR count). The van der Waals surface area contributed by atoms with Crippen LogP contribution in [0.1, 0.15) is 25.7 Å². The molecule has 1 aliphatic carbocycles. The molecular formula is C10H17NO3S. The van der Waals surface area contributed by atoms with Gasteiger partial charge in [0.05, 0.1) is 7.11 Å². The first-order chi connectivity index (χ1) is 7.13. The van der Waals surface area contributed by atoms with E-state index < -0.39 is 11.9 Å². The number of hydrogen-bond donors (Lipinski definition) is 1. The van der Waals surface area contributed by atoms with E-state index in [4.69, 9.17) is 0 Å². The molecule has 0 aromatic heterocycles. The number of carbonyl (C=O) groups is 2. The zero-order valence-electron chi connectivity index (χ0n) is 9.17. The Hall–Kier alpha value is -0.710. The second-order valence-electron chi connectivity index (χ2n) is 3.77. The van der Waals surface area contributed by atoms with Crippen LogP contribution >= 0.6 is 11.8 Å². The molecule has 4 nitrogen and oxygen atoms in total. The molecule has 1 N–H and O–H groups in total. The number of methoxy groups -OCH3 is 1. The van der Waals surface area contributed by atoms with Crippen LogP contribution in [0.4, 0.5) is 0 Å². The highest BCUT2D eigenvalue weighted by Gasteiger charge is 2.33. The van der Waals surface area contributed by atoms with E-state index in [0.717, 1.165) is 12.8 Å². The number of esters is 1. The summed E-state index contributed by atoms with van der Waals surface area (Å²) < 4.78 is 4.46. The normalized spacial score (nSPS) is 18.5. The summed E-state index contributed by atoms with van der Waals surface area (Å²) in [6.07, 6.45) is 6.67. The zero-order chi connectivity index (χ0) is 11.3. The minimum Gasteiger partial charge on any atom is -0.462 e. The summed E-state index contributed by atoms with van der Waals surface area (Å²) in [7, 11) is 1.21. The predicted octanol–water partition coefficient (Wildman–Crippen LogP) is 0.951. The maximum absolute atomic E-state index is 11.2. The SMILES string of the molecule is COC(=O)C(=O)NCC1(SC)CCCC1. The molecule has 0 heterocycles. The largest absolute Gasteiger partial charge is 0.462 e. The third-order valence-electron chi connectivity index (χ3n) is 2.89. The summed E-state index contributed by atoms with van der Waals surface area (Å²) in [6, 6.07) is 0. The van der Waals surface area contributed by atoms with Crippen molar-refractivity contribution in [2.24, 2.45) is 0 Å². The van der Waals surface area contributed by atoms with E-state index in [-0.39, 0.29) is 4.75 Å². The lowest BCUT2D eigenvalue weighted by Crippen LogP contribution is -2.41. The fourth-order valence-corrected chi connectivity index (χ4v) is 2.79. The van der Waals surface area contributed by atoms with Gasteiger partial charge in [0.25, 0.3) is 0 Å². The summed E-state index contributed by atoms with van der Waals surface area (Å²) in [5.74, 6) is -1.46. The van der Waals surface area contributed by atoms with Crippen molar-refractivity contribution in [3.63, 3.8) is 0 Å². The zero-order valence-corrected chi connectivity index (χ0v) is 9.99. The average molecular weight is 231 g/mol. The molecule has 1 fully saturated rings. The van der Waals surface area contributed by atoms with Gasteiger partial charge in [0.1, 0.15) is 0 Å². The summed E-state index contributed by atoms with van der Waals surface area (Å²) in [5, 5.41) is 2.63. The monoisotopic (exact) mass is 231 g/mol. The van der Waals surface area contributed by atoms with Crippen molar-refractivity contribution in [3.05, 3.63) is 0 Å². The fourth-order valence-electron chi connectivity index (χ4n) is 1.88. The van der Waals surface area contributed by atoms with Crippen molar-refractivity contribution in [1.29, 1.82) is 0 Å². The van der Waals surface area contributed by atoms with Crippen molar-refractivity contribution in [3.8, 4) is 0 Å². The van der Waals surface area contributed by atoms with E-state index >= 15 is 0 Å². The second-order valence-corrected chi connectivity index (χ2v) is 5.04. The molecule has 5 heteroatoms. The van der Waals surface area contributed by atoms with Crippen molar-refractivity contribution < 1.29 is 14.3 Å². The van der Waals surface area contributed by atoms with E-state index in [1.54, 1.807) is 11.8 Å². The molecule has 86 valence electrons. The van der Waals surface area contributed by atoms with Gasteiger partial charge in [-0.05, 0) is 19.1 Å². The Morgan fingerprint density at radius 3 is 2.47 bits per heavy atom. The van der Waals surface area contributed by atoms with Crippen LogP contribution in [0.15, 0.2) is 0 Å². The number of amides is 1. The van der Waals surface area contributed by atoms with Crippen LogP contribution in [0.2, 0.25) is 0 Å². The van der Waals surface area contributed by atoms with Crippen molar-refractivity contribution in [2.45, 2.75) is 30.4 Å². The van der Waals surface area contributed by atoms with Gasteiger partial charge in [0, 0.05) is 11.3 Å². The summed E-state index contributed by atoms with van der Waals surface area (Å²) in [5.41, 5.74) is 0. The third-order valence-corrected chi connectivity index (χ3v) is 4.31. The van der Waals surface area contributed by atoms with Gasteiger partial charge in [-0.1, -0.05) is 12.8 Å². The fraction of sp³-hybridized carbons (Fsp3) is 0.800. The Kier molecular flexibility index (Phi) is 4.45. The summed E-state index contributed by atoms with van der Waals surface area (Å²) in [4.78, 5) is 22.1. The Labute approximate surface area is 94.1 Å². The molecule has 0 unspecified atom stereocenters. The maximum atomic E-state index is 11.2. The Balaban J connectivity index is 2.41. The molecule has 15 heavy (non-hydrogen) atoms. The van der Waals surface area contributed by atoms with E-state index in [1.165, 1.54) is 20.0 Å². The number of rotatable bonds is 3. The summed E-state index contributed by atoms with van der Waals surface area (Å²) >= 11 is 1.77. The Morgan fingerprint density at radius 2 is 2.00 bits per heavy atom. The topological polar surface area (TPSA) is 55.4 Å². The van der Waals surface area contributed by atoms with E-state index in [0.29, 0.717) is 6.54 Å². The van der Waals surface area contributed by atoms with Gasteiger partial charge in [-0.25, -0.2) is 4.79 Å². The minimum absolute atomic E-state index is 0.129. The molecule has 0 aromatic rings. The highest BCUT2D eigenvalue weighted by atomic mass is 32.2. The van der Waals surface area contributed by atoms with Crippen molar-refractivity contribution in [2.75, 3.05) is 19.9 Å². The van der Waals surface area contributed by atoms with Gasteiger partial charge in [-0.2, -0.15) is 11.8 Å². The van der Waals surface area contributed by atoms with Crippen molar-refractivity contribution >= 4 is 23.6 Å². The second kappa shape index (κ2) is 5.39. The molecule has 0 saturated heterocycles. The lowest BCUT2D eigenvalue weighted by atomic mass is 10.1. The lowest BCUT2D eigenvalue weighted by Gasteiger charge is -2.26. The smallest absolute Gasteiger partial charge is 0.396 e. The molecule has 1 saturated carbocycles. The van der Waals surface area contributed by atoms with Crippen LogP contribution in [0.25, 0.3) is 0 Å². The molecule has 0 aromatic carbocycles. The number of thioether (sulfide) groups is 1. The number of ether oxygens (including phenoxy) is 1. The van der Waals surface area contributed by atoms with Crippen LogP contribution < -0.4 is 5.32 Å². The van der Waals surface area contributed by atoms with Gasteiger partial charge < -0.3 is 10.1 Å². The molecule has 0 atom stereocenters. The molecule has 1 aliphatic rings. The van der Waals surface area contributed by atoms with Gasteiger partial charge in [0.15, 0.2) is 0 Å². The number of carbonyl (C=O) groups excluding carboxylic acids is 2. The first-order valence-corrected chi connectivity index (χ1v) is 6.27. The molecule has 0 aliphatic heterocycles. The van der Waals surface area contributed by atoms with Gasteiger partial charge in [-0.15, -0.1) is 0 Å². The van der Waals surface area contributed by atoms with Gasteiger partial charge in [0.2, 0.25) is 0 Å². The van der Waals surface area contributed by atoms with Crippen molar-refractivity contribution in [1.82, 2.24) is 5.32 Å². The van der Waals surface area contributed by atoms with E-state index in [2.05, 4.69) is 16.3 Å². The predicted molar refractivity (Wildman–Crippen MR) is 59.7 cm³/mol. The Bertz CT molecular complexity index is 249. The van der Waals surface area contributed by atoms with Crippen LogP contribution in [0.5, 0.6) is 0 Å². The summed E-state index contributed by atoms with van der Waals surface area (Å²) in [6.45, 7) is 0.558. The highest BCUT2D eigenvalue weighted by molar-refractivity contribution is 8.00. The van der Waals surface area contributed by atoms with Gasteiger partial charge >= 0.3 is 11.9 Å². The van der Waals surface area contributed by atoms with Crippen LogP contribution in [0.3, 0.4) is 0 Å². The third kappa shape index (κ3) is 3.12. The Morgan fingerprint density at radius 1 is 1.40 bits per heavy atom. The van der Waals surface area contributed by atoms with Crippen LogP contribution in [-0.4, -0.2) is 36.5 Å². The minimum atomic E-state index is -0.816. The van der Waals surface area contributed by atoms with E-state index in [1.807, 2.05) is 0 Å². The molecule has 0 radical (unpaired) electrons. The van der Waals surface area contributed by atoms with Crippen LogP contribution in [-0.2, 0) is 14.3 Å². The molecule has 1 amide bonds. The van der Waals surface area contributed by atoms with Gasteiger partial charge in [-0.3, -0.25) is 4.79 Å². The first kappa shape index (κ1) is 12.4. The van der Waals surface area contributed by atoms with Crippen LogP contribution in [0, 0.1) is 0 Å².